The SMILES string of the molecule is CC(N)=O.O=C(O)c1ccco1. The van der Waals surface area contributed by atoms with Crippen LogP contribution < -0.4 is 5.73 Å². The summed E-state index contributed by atoms with van der Waals surface area (Å²) in [5.74, 6) is -1.39. The van der Waals surface area contributed by atoms with E-state index in [-0.39, 0.29) is 11.7 Å². The smallest absolute Gasteiger partial charge is 0.371 e. The molecule has 3 N–H and O–H groups in total. The van der Waals surface area contributed by atoms with Gasteiger partial charge in [-0.25, -0.2) is 4.79 Å². The van der Waals surface area contributed by atoms with E-state index in [0.717, 1.165) is 0 Å². The van der Waals surface area contributed by atoms with Gasteiger partial charge in [0.1, 0.15) is 0 Å². The Balaban J connectivity index is 0.000000261. The predicted octanol–water partition coefficient (Wildman–Crippen LogP) is 0.469. The summed E-state index contributed by atoms with van der Waals surface area (Å²) in [6.45, 7) is 1.31. The van der Waals surface area contributed by atoms with Crippen molar-refractivity contribution in [2.24, 2.45) is 5.73 Å². The molecule has 1 aromatic rings. The topological polar surface area (TPSA) is 93.5 Å². The number of carboxylic acids is 1. The molecule has 0 bridgehead atoms. The van der Waals surface area contributed by atoms with Gasteiger partial charge in [0.05, 0.1) is 6.26 Å². The van der Waals surface area contributed by atoms with E-state index >= 15 is 0 Å². The number of amides is 1. The van der Waals surface area contributed by atoms with Crippen LogP contribution in [0.25, 0.3) is 0 Å². The molecular formula is C7H9NO4. The van der Waals surface area contributed by atoms with E-state index < -0.39 is 5.97 Å². The molecule has 1 aromatic heterocycles. The van der Waals surface area contributed by atoms with Gasteiger partial charge in [-0.3, -0.25) is 4.79 Å². The molecule has 0 saturated carbocycles. The average Bonchev–Trinajstić information content (AvgIpc) is 2.34. The Morgan fingerprint density at radius 1 is 1.58 bits per heavy atom. The van der Waals surface area contributed by atoms with E-state index in [1.807, 2.05) is 0 Å². The van der Waals surface area contributed by atoms with Crippen LogP contribution in [-0.2, 0) is 4.79 Å². The summed E-state index contributed by atoms with van der Waals surface area (Å²) in [6, 6.07) is 2.92. The first-order chi connectivity index (χ1) is 5.54. The highest BCUT2D eigenvalue weighted by Gasteiger charge is 2.01. The zero-order chi connectivity index (χ0) is 9.56. The molecule has 66 valence electrons. The van der Waals surface area contributed by atoms with E-state index in [1.165, 1.54) is 25.3 Å². The van der Waals surface area contributed by atoms with E-state index in [2.05, 4.69) is 10.2 Å². The van der Waals surface area contributed by atoms with Crippen molar-refractivity contribution in [2.75, 3.05) is 0 Å². The Morgan fingerprint density at radius 2 is 2.08 bits per heavy atom. The molecule has 0 unspecified atom stereocenters. The molecule has 0 aliphatic rings. The number of aromatic carboxylic acids is 1. The van der Waals surface area contributed by atoms with Gasteiger partial charge >= 0.3 is 5.97 Å². The van der Waals surface area contributed by atoms with E-state index in [4.69, 9.17) is 5.11 Å². The molecule has 0 spiro atoms. The number of hydrogen-bond acceptors (Lipinski definition) is 3. The number of rotatable bonds is 1. The fourth-order valence-corrected chi connectivity index (χ4v) is 0.400. The number of carboxylic acid groups (broad SMARTS) is 1. The monoisotopic (exact) mass is 171 g/mol. The molecule has 5 heteroatoms. The van der Waals surface area contributed by atoms with Gasteiger partial charge in [-0.2, -0.15) is 0 Å². The maximum atomic E-state index is 9.97. The summed E-state index contributed by atoms with van der Waals surface area (Å²) in [5.41, 5.74) is 4.47. The molecule has 1 rings (SSSR count). The molecule has 0 aliphatic carbocycles. The van der Waals surface area contributed by atoms with Gasteiger partial charge in [-0.15, -0.1) is 0 Å². The maximum Gasteiger partial charge on any atom is 0.371 e. The number of nitrogens with two attached hydrogens (primary N) is 1. The third-order valence-electron chi connectivity index (χ3n) is 0.732. The molecule has 12 heavy (non-hydrogen) atoms. The molecular weight excluding hydrogens is 162 g/mol. The summed E-state index contributed by atoms with van der Waals surface area (Å²) in [7, 11) is 0. The minimum atomic E-state index is -1.03. The molecule has 0 fully saturated rings. The summed E-state index contributed by atoms with van der Waals surface area (Å²) in [6.07, 6.45) is 1.32. The number of carbonyl (C=O) groups is 2. The largest absolute Gasteiger partial charge is 0.475 e. The zero-order valence-electron chi connectivity index (χ0n) is 6.48. The lowest BCUT2D eigenvalue weighted by atomic mass is 10.5. The van der Waals surface area contributed by atoms with Crippen LogP contribution in [0.15, 0.2) is 22.8 Å². The highest BCUT2D eigenvalue weighted by Crippen LogP contribution is 1.97. The van der Waals surface area contributed by atoms with Gasteiger partial charge in [-0.1, -0.05) is 0 Å². The lowest BCUT2D eigenvalue weighted by Gasteiger charge is -1.79. The summed E-state index contributed by atoms with van der Waals surface area (Å²) < 4.78 is 4.50. The lowest BCUT2D eigenvalue weighted by Crippen LogP contribution is -2.01. The Kier molecular flexibility index (Phi) is 4.21. The van der Waals surface area contributed by atoms with E-state index in [1.54, 1.807) is 0 Å². The van der Waals surface area contributed by atoms with Crippen LogP contribution in [0.3, 0.4) is 0 Å². The van der Waals surface area contributed by atoms with Crippen molar-refractivity contribution >= 4 is 11.9 Å². The van der Waals surface area contributed by atoms with Crippen molar-refractivity contribution < 1.29 is 19.1 Å². The zero-order valence-corrected chi connectivity index (χ0v) is 6.48. The number of furan rings is 1. The summed E-state index contributed by atoms with van der Waals surface area (Å²) >= 11 is 0. The first-order valence-corrected chi connectivity index (χ1v) is 3.07. The molecule has 0 aliphatic heterocycles. The van der Waals surface area contributed by atoms with Crippen molar-refractivity contribution in [2.45, 2.75) is 6.92 Å². The lowest BCUT2D eigenvalue weighted by molar-refractivity contribution is -0.115. The van der Waals surface area contributed by atoms with Crippen LogP contribution in [0, 0.1) is 0 Å². The van der Waals surface area contributed by atoms with Crippen molar-refractivity contribution in [1.82, 2.24) is 0 Å². The Labute approximate surface area is 68.8 Å². The molecule has 0 atom stereocenters. The number of hydrogen-bond donors (Lipinski definition) is 2. The molecule has 0 saturated heterocycles. The number of carbonyl (C=O) groups excluding carboxylic acids is 1. The standard InChI is InChI=1S/C5H4O3.C2H5NO/c6-5(7)4-2-1-3-8-4;1-2(3)4/h1-3H,(H,6,7);1H3,(H2,3,4). The normalized spacial score (nSPS) is 8.08. The van der Waals surface area contributed by atoms with Crippen LogP contribution in [-0.4, -0.2) is 17.0 Å². The van der Waals surface area contributed by atoms with Gasteiger partial charge in [0, 0.05) is 6.92 Å². The number of primary amides is 1. The van der Waals surface area contributed by atoms with Gasteiger partial charge < -0.3 is 15.3 Å². The van der Waals surface area contributed by atoms with Crippen molar-refractivity contribution in [3.8, 4) is 0 Å². The quantitative estimate of drug-likeness (QED) is 0.642. The fraction of sp³-hybridized carbons (Fsp3) is 0.143. The first-order valence-electron chi connectivity index (χ1n) is 3.07. The highest BCUT2D eigenvalue weighted by molar-refractivity contribution is 5.84. The highest BCUT2D eigenvalue weighted by atomic mass is 16.4. The molecule has 5 nitrogen and oxygen atoms in total. The average molecular weight is 171 g/mol. The van der Waals surface area contributed by atoms with Gasteiger partial charge in [0.15, 0.2) is 0 Å². The van der Waals surface area contributed by atoms with Crippen molar-refractivity contribution in [3.05, 3.63) is 24.2 Å². The van der Waals surface area contributed by atoms with Crippen LogP contribution in [0.1, 0.15) is 17.5 Å². The van der Waals surface area contributed by atoms with E-state index in [0.29, 0.717) is 0 Å². The minimum Gasteiger partial charge on any atom is -0.475 e. The third-order valence-corrected chi connectivity index (χ3v) is 0.732. The van der Waals surface area contributed by atoms with Crippen LogP contribution in [0.4, 0.5) is 0 Å². The van der Waals surface area contributed by atoms with Crippen LogP contribution >= 0.6 is 0 Å². The second kappa shape index (κ2) is 4.95. The van der Waals surface area contributed by atoms with Gasteiger partial charge in [0.25, 0.3) is 0 Å². The molecule has 0 aromatic carbocycles. The van der Waals surface area contributed by atoms with Crippen LogP contribution in [0.2, 0.25) is 0 Å². The molecule has 1 heterocycles. The van der Waals surface area contributed by atoms with Gasteiger partial charge in [-0.05, 0) is 12.1 Å². The first kappa shape index (κ1) is 10.2. The minimum absolute atomic E-state index is 0.0231. The summed E-state index contributed by atoms with van der Waals surface area (Å²) in [4.78, 5) is 19.2. The molecule has 0 radical (unpaired) electrons. The van der Waals surface area contributed by atoms with Crippen molar-refractivity contribution in [1.29, 1.82) is 0 Å². The second-order valence-electron chi connectivity index (χ2n) is 1.89. The second-order valence-corrected chi connectivity index (χ2v) is 1.89. The Morgan fingerprint density at radius 3 is 2.25 bits per heavy atom. The van der Waals surface area contributed by atoms with Crippen molar-refractivity contribution in [3.63, 3.8) is 0 Å². The van der Waals surface area contributed by atoms with E-state index in [9.17, 15) is 9.59 Å². The fourth-order valence-electron chi connectivity index (χ4n) is 0.400. The Bertz CT molecular complexity index is 248. The maximum absolute atomic E-state index is 9.97. The van der Waals surface area contributed by atoms with Crippen LogP contribution in [0.5, 0.6) is 0 Å². The Hall–Kier alpha value is -1.78. The third kappa shape index (κ3) is 5.04. The summed E-state index contributed by atoms with van der Waals surface area (Å²) in [5, 5.41) is 8.18. The predicted molar refractivity (Wildman–Crippen MR) is 40.5 cm³/mol. The molecule has 1 amide bonds. The van der Waals surface area contributed by atoms with Gasteiger partial charge in [0.2, 0.25) is 11.7 Å².